The average Bonchev–Trinajstić information content (AvgIpc) is 3.25. The Morgan fingerprint density at radius 3 is 2.96 bits per heavy atom. The standard InChI is InChI=1S/C17H21N5O3S/c1-25-8-7-22-11-12(9-14(22)23)10-18-17(24)19-16-15(20-21-26-16)13-5-3-2-4-6-13/h2-6,12H,7-11H2,1H3,(H2,18,19,24)/t12-/m1/s1. The summed E-state index contributed by atoms with van der Waals surface area (Å²) in [7, 11) is 1.61. The molecular weight excluding hydrogens is 354 g/mol. The summed E-state index contributed by atoms with van der Waals surface area (Å²) in [6.45, 7) is 2.19. The summed E-state index contributed by atoms with van der Waals surface area (Å²) in [6, 6.07) is 9.24. The van der Waals surface area contributed by atoms with Gasteiger partial charge in [0, 0.05) is 56.2 Å². The Morgan fingerprint density at radius 1 is 1.38 bits per heavy atom. The Hall–Kier alpha value is -2.52. The van der Waals surface area contributed by atoms with Crippen molar-refractivity contribution in [1.82, 2.24) is 19.8 Å². The van der Waals surface area contributed by atoms with Gasteiger partial charge in [0.25, 0.3) is 0 Å². The van der Waals surface area contributed by atoms with Gasteiger partial charge in [0.1, 0.15) is 10.7 Å². The fourth-order valence-electron chi connectivity index (χ4n) is 2.85. The maximum atomic E-state index is 12.2. The van der Waals surface area contributed by atoms with E-state index >= 15 is 0 Å². The molecule has 138 valence electrons. The maximum Gasteiger partial charge on any atom is 0.319 e. The van der Waals surface area contributed by atoms with Crippen LogP contribution in [-0.2, 0) is 9.53 Å². The number of amides is 3. The highest BCUT2D eigenvalue weighted by Gasteiger charge is 2.29. The molecule has 0 bridgehead atoms. The molecule has 2 N–H and O–H groups in total. The van der Waals surface area contributed by atoms with Crippen molar-refractivity contribution in [2.75, 3.05) is 38.7 Å². The third-order valence-electron chi connectivity index (χ3n) is 4.17. The number of urea groups is 1. The second kappa shape index (κ2) is 8.72. The first-order valence-electron chi connectivity index (χ1n) is 8.36. The van der Waals surface area contributed by atoms with Gasteiger partial charge in [-0.2, -0.15) is 0 Å². The lowest BCUT2D eigenvalue weighted by molar-refractivity contribution is -0.128. The van der Waals surface area contributed by atoms with Crippen molar-refractivity contribution in [3.8, 4) is 11.3 Å². The number of rotatable bonds is 7. The van der Waals surface area contributed by atoms with Crippen molar-refractivity contribution < 1.29 is 14.3 Å². The summed E-state index contributed by atoms with van der Waals surface area (Å²) in [5.41, 5.74) is 1.54. The van der Waals surface area contributed by atoms with Gasteiger partial charge in [-0.15, -0.1) is 5.10 Å². The van der Waals surface area contributed by atoms with Gasteiger partial charge in [0.05, 0.1) is 6.61 Å². The van der Waals surface area contributed by atoms with Crippen molar-refractivity contribution in [3.63, 3.8) is 0 Å². The van der Waals surface area contributed by atoms with Crippen LogP contribution in [0.5, 0.6) is 0 Å². The van der Waals surface area contributed by atoms with Gasteiger partial charge >= 0.3 is 6.03 Å². The first kappa shape index (κ1) is 18.3. The van der Waals surface area contributed by atoms with E-state index in [4.69, 9.17) is 4.74 Å². The Bertz CT molecular complexity index is 752. The number of ether oxygens (including phenoxy) is 1. The predicted octanol–water partition coefficient (Wildman–Crippen LogP) is 1.82. The number of carbonyl (C=O) groups excluding carboxylic acids is 2. The largest absolute Gasteiger partial charge is 0.383 e. The fraction of sp³-hybridized carbons (Fsp3) is 0.412. The second-order valence-electron chi connectivity index (χ2n) is 6.05. The van der Waals surface area contributed by atoms with Gasteiger partial charge in [-0.3, -0.25) is 10.1 Å². The molecule has 3 rings (SSSR count). The molecule has 9 heteroatoms. The zero-order chi connectivity index (χ0) is 18.4. The molecular formula is C17H21N5O3S. The highest BCUT2D eigenvalue weighted by Crippen LogP contribution is 2.28. The van der Waals surface area contributed by atoms with Gasteiger partial charge in [0.2, 0.25) is 5.91 Å². The van der Waals surface area contributed by atoms with Crippen LogP contribution in [0.15, 0.2) is 30.3 Å². The van der Waals surface area contributed by atoms with Crippen LogP contribution >= 0.6 is 11.5 Å². The van der Waals surface area contributed by atoms with E-state index in [1.54, 1.807) is 12.0 Å². The topological polar surface area (TPSA) is 96.5 Å². The number of nitrogens with zero attached hydrogens (tertiary/aromatic N) is 3. The lowest BCUT2D eigenvalue weighted by atomic mass is 10.1. The van der Waals surface area contributed by atoms with Crippen LogP contribution in [0.3, 0.4) is 0 Å². The molecule has 26 heavy (non-hydrogen) atoms. The Kier molecular flexibility index (Phi) is 6.13. The lowest BCUT2D eigenvalue weighted by Gasteiger charge is -2.16. The molecule has 1 aliphatic rings. The molecule has 0 radical (unpaired) electrons. The van der Waals surface area contributed by atoms with E-state index in [1.807, 2.05) is 30.3 Å². The first-order valence-corrected chi connectivity index (χ1v) is 9.14. The van der Waals surface area contributed by atoms with E-state index in [1.165, 1.54) is 0 Å². The summed E-state index contributed by atoms with van der Waals surface area (Å²) in [5, 5.41) is 10.3. The van der Waals surface area contributed by atoms with Gasteiger partial charge in [-0.25, -0.2) is 4.79 Å². The van der Waals surface area contributed by atoms with Crippen LogP contribution in [0.1, 0.15) is 6.42 Å². The SMILES string of the molecule is COCCN1C[C@@H](CNC(=O)Nc2snnc2-c2ccccc2)CC1=O. The number of aromatic nitrogens is 2. The van der Waals surface area contributed by atoms with Crippen molar-refractivity contribution in [2.24, 2.45) is 5.92 Å². The van der Waals surface area contributed by atoms with E-state index < -0.39 is 0 Å². The van der Waals surface area contributed by atoms with Crippen molar-refractivity contribution >= 4 is 28.5 Å². The number of benzene rings is 1. The van der Waals surface area contributed by atoms with Crippen LogP contribution in [0, 0.1) is 5.92 Å². The molecule has 1 aliphatic heterocycles. The first-order chi connectivity index (χ1) is 12.7. The molecule has 1 atom stereocenters. The smallest absolute Gasteiger partial charge is 0.319 e. The highest BCUT2D eigenvalue weighted by molar-refractivity contribution is 7.10. The molecule has 2 aromatic rings. The number of hydrogen-bond donors (Lipinski definition) is 2. The van der Waals surface area contributed by atoms with Crippen molar-refractivity contribution in [2.45, 2.75) is 6.42 Å². The molecule has 2 heterocycles. The number of anilines is 1. The molecule has 1 fully saturated rings. The molecule has 0 aliphatic carbocycles. The predicted molar refractivity (Wildman–Crippen MR) is 98.9 cm³/mol. The summed E-state index contributed by atoms with van der Waals surface area (Å²) in [4.78, 5) is 25.9. The normalized spacial score (nSPS) is 16.7. The van der Waals surface area contributed by atoms with Crippen LogP contribution in [0.25, 0.3) is 11.3 Å². The van der Waals surface area contributed by atoms with Gasteiger partial charge in [-0.1, -0.05) is 34.8 Å². The molecule has 1 aromatic carbocycles. The molecule has 8 nitrogen and oxygen atoms in total. The van der Waals surface area contributed by atoms with E-state index in [0.717, 1.165) is 17.1 Å². The minimum absolute atomic E-state index is 0.104. The number of carbonyl (C=O) groups is 2. The summed E-state index contributed by atoms with van der Waals surface area (Å²) in [6.07, 6.45) is 0.446. The number of methoxy groups -OCH3 is 1. The zero-order valence-electron chi connectivity index (χ0n) is 14.5. The van der Waals surface area contributed by atoms with Gasteiger partial charge in [-0.05, 0) is 0 Å². The Balaban J connectivity index is 1.50. The number of nitrogens with one attached hydrogen (secondary N) is 2. The van der Waals surface area contributed by atoms with Crippen LogP contribution in [0.4, 0.5) is 9.80 Å². The minimum Gasteiger partial charge on any atom is -0.383 e. The van der Waals surface area contributed by atoms with Crippen molar-refractivity contribution in [1.29, 1.82) is 0 Å². The average molecular weight is 375 g/mol. The summed E-state index contributed by atoms with van der Waals surface area (Å²) < 4.78 is 8.93. The third-order valence-corrected chi connectivity index (χ3v) is 4.81. The van der Waals surface area contributed by atoms with Gasteiger partial charge in [0.15, 0.2) is 0 Å². The third kappa shape index (κ3) is 4.55. The van der Waals surface area contributed by atoms with Gasteiger partial charge < -0.3 is 15.0 Å². The summed E-state index contributed by atoms with van der Waals surface area (Å²) in [5.74, 6) is 0.213. The fourth-order valence-corrected chi connectivity index (χ4v) is 3.44. The molecule has 0 spiro atoms. The Morgan fingerprint density at radius 2 is 2.19 bits per heavy atom. The Labute approximate surface area is 155 Å². The van der Waals surface area contributed by atoms with Crippen molar-refractivity contribution in [3.05, 3.63) is 30.3 Å². The molecule has 3 amide bonds. The molecule has 0 unspecified atom stereocenters. The summed E-state index contributed by atoms with van der Waals surface area (Å²) >= 11 is 1.13. The van der Waals surface area contributed by atoms with E-state index in [0.29, 0.717) is 43.4 Å². The zero-order valence-corrected chi connectivity index (χ0v) is 15.3. The molecule has 0 saturated carbocycles. The molecule has 1 aromatic heterocycles. The highest BCUT2D eigenvalue weighted by atomic mass is 32.1. The van der Waals surface area contributed by atoms with Crippen LogP contribution < -0.4 is 10.6 Å². The number of hydrogen-bond acceptors (Lipinski definition) is 6. The monoisotopic (exact) mass is 375 g/mol. The van der Waals surface area contributed by atoms with Crippen LogP contribution in [-0.4, -0.2) is 59.8 Å². The van der Waals surface area contributed by atoms with E-state index in [2.05, 4.69) is 20.2 Å². The maximum absolute atomic E-state index is 12.2. The van der Waals surface area contributed by atoms with E-state index in [9.17, 15) is 9.59 Å². The minimum atomic E-state index is -0.323. The van der Waals surface area contributed by atoms with Crippen LogP contribution in [0.2, 0.25) is 0 Å². The molecule has 1 saturated heterocycles. The number of likely N-dealkylation sites (tertiary alicyclic amines) is 1. The quantitative estimate of drug-likeness (QED) is 0.769. The lowest BCUT2D eigenvalue weighted by Crippen LogP contribution is -2.34. The second-order valence-corrected chi connectivity index (χ2v) is 6.81. The van der Waals surface area contributed by atoms with E-state index in [-0.39, 0.29) is 17.9 Å².